The molecule has 0 aliphatic heterocycles. The van der Waals surface area contributed by atoms with Gasteiger partial charge in [0.2, 0.25) is 0 Å². The van der Waals surface area contributed by atoms with E-state index in [1.54, 1.807) is 30.3 Å². The summed E-state index contributed by atoms with van der Waals surface area (Å²) in [5.74, 6) is 0.383. The van der Waals surface area contributed by atoms with E-state index in [1.807, 2.05) is 56.3 Å². The largest absolute Gasteiger partial charge is 0.494 e. The minimum Gasteiger partial charge on any atom is -0.494 e. The normalized spacial score (nSPS) is 10.6. The predicted molar refractivity (Wildman–Crippen MR) is 139 cm³/mol. The summed E-state index contributed by atoms with van der Waals surface area (Å²) in [5, 5.41) is 6.74. The zero-order chi connectivity index (χ0) is 24.1. The molecule has 1 amide bonds. The third kappa shape index (κ3) is 5.32. The van der Waals surface area contributed by atoms with Crippen LogP contribution in [0.3, 0.4) is 0 Å². The SMILES string of the molecule is CCCOc1ccc(C(=O)NC(=S)Nc2cc(-c3cc4ccccc4oc3=O)ccc2C)cc1. The third-order valence-corrected chi connectivity index (χ3v) is 5.46. The lowest BCUT2D eigenvalue weighted by atomic mass is 10.0. The molecule has 1 aromatic heterocycles. The summed E-state index contributed by atoms with van der Waals surface area (Å²) in [5.41, 5.74) is 3.30. The van der Waals surface area contributed by atoms with Gasteiger partial charge in [0.25, 0.3) is 5.91 Å². The predicted octanol–water partition coefficient (Wildman–Crippen LogP) is 5.68. The van der Waals surface area contributed by atoms with Gasteiger partial charge in [0.1, 0.15) is 11.3 Å². The first-order valence-corrected chi connectivity index (χ1v) is 11.3. The number of carbonyl (C=O) groups excluding carboxylic acids is 1. The Morgan fingerprint density at radius 1 is 1.03 bits per heavy atom. The van der Waals surface area contributed by atoms with Crippen LogP contribution in [-0.4, -0.2) is 17.6 Å². The van der Waals surface area contributed by atoms with E-state index in [0.29, 0.717) is 40.3 Å². The highest BCUT2D eigenvalue weighted by Gasteiger charge is 2.12. The fourth-order valence-corrected chi connectivity index (χ4v) is 3.64. The van der Waals surface area contributed by atoms with Gasteiger partial charge in [-0.3, -0.25) is 10.1 Å². The molecule has 4 rings (SSSR count). The van der Waals surface area contributed by atoms with Gasteiger partial charge in [-0.25, -0.2) is 4.79 Å². The Bertz CT molecular complexity index is 1410. The Labute approximate surface area is 202 Å². The number of amides is 1. The standard InChI is InChI=1S/C27H24N2O4S/c1-3-14-32-21-12-10-18(11-13-21)25(30)29-27(34)28-23-16-19(9-8-17(23)2)22-15-20-6-4-5-7-24(20)33-26(22)31/h4-13,15-16H,3,14H2,1-2H3,(H2,28,29,30,34). The minimum absolute atomic E-state index is 0.155. The number of nitrogens with one attached hydrogen (secondary N) is 2. The first kappa shape index (κ1) is 23.2. The van der Waals surface area contributed by atoms with E-state index in [-0.39, 0.29) is 11.0 Å². The van der Waals surface area contributed by atoms with Gasteiger partial charge in [0.05, 0.1) is 12.2 Å². The molecule has 0 saturated heterocycles. The van der Waals surface area contributed by atoms with Gasteiger partial charge < -0.3 is 14.5 Å². The Kier molecular flexibility index (Phi) is 7.04. The maximum atomic E-state index is 12.6. The van der Waals surface area contributed by atoms with Crippen molar-refractivity contribution < 1.29 is 13.9 Å². The van der Waals surface area contributed by atoms with Crippen molar-refractivity contribution in [1.29, 1.82) is 0 Å². The van der Waals surface area contributed by atoms with Crippen LogP contribution in [0.15, 0.2) is 82.0 Å². The maximum absolute atomic E-state index is 12.6. The fourth-order valence-electron chi connectivity index (χ4n) is 3.44. The van der Waals surface area contributed by atoms with E-state index < -0.39 is 5.63 Å². The van der Waals surface area contributed by atoms with Crippen LogP contribution in [0, 0.1) is 6.92 Å². The van der Waals surface area contributed by atoms with Crippen LogP contribution < -0.4 is 21.0 Å². The molecule has 0 unspecified atom stereocenters. The van der Waals surface area contributed by atoms with Crippen LogP contribution in [0.1, 0.15) is 29.3 Å². The fraction of sp³-hybridized carbons (Fsp3) is 0.148. The summed E-state index contributed by atoms with van der Waals surface area (Å²) in [7, 11) is 0. The number of hydrogen-bond acceptors (Lipinski definition) is 5. The smallest absolute Gasteiger partial charge is 0.344 e. The Balaban J connectivity index is 1.49. The van der Waals surface area contributed by atoms with Crippen molar-refractivity contribution in [3.8, 4) is 16.9 Å². The van der Waals surface area contributed by atoms with E-state index in [0.717, 1.165) is 17.4 Å². The molecular weight excluding hydrogens is 448 g/mol. The van der Waals surface area contributed by atoms with E-state index in [9.17, 15) is 9.59 Å². The summed E-state index contributed by atoms with van der Waals surface area (Å²) in [6.07, 6.45) is 0.911. The van der Waals surface area contributed by atoms with Crippen LogP contribution in [0.25, 0.3) is 22.1 Å². The molecule has 0 fully saturated rings. The summed E-state index contributed by atoms with van der Waals surface area (Å²) in [6, 6.07) is 21.6. The lowest BCUT2D eigenvalue weighted by molar-refractivity contribution is 0.0977. The highest BCUT2D eigenvalue weighted by Crippen LogP contribution is 2.26. The quantitative estimate of drug-likeness (QED) is 0.277. The van der Waals surface area contributed by atoms with Gasteiger partial charge in [0, 0.05) is 16.6 Å². The molecule has 172 valence electrons. The van der Waals surface area contributed by atoms with Gasteiger partial charge in [0.15, 0.2) is 5.11 Å². The topological polar surface area (TPSA) is 80.6 Å². The summed E-state index contributed by atoms with van der Waals surface area (Å²) in [4.78, 5) is 25.1. The average Bonchev–Trinajstić information content (AvgIpc) is 2.84. The second-order valence-corrected chi connectivity index (χ2v) is 8.20. The second-order valence-electron chi connectivity index (χ2n) is 7.80. The molecular formula is C27H24N2O4S. The lowest BCUT2D eigenvalue weighted by Crippen LogP contribution is -2.34. The van der Waals surface area contributed by atoms with Gasteiger partial charge >= 0.3 is 5.63 Å². The highest BCUT2D eigenvalue weighted by atomic mass is 32.1. The number of thiocarbonyl (C=S) groups is 1. The number of rotatable bonds is 6. The molecule has 1 heterocycles. The Morgan fingerprint density at radius 2 is 1.79 bits per heavy atom. The number of para-hydroxylation sites is 1. The molecule has 7 heteroatoms. The lowest BCUT2D eigenvalue weighted by Gasteiger charge is -2.13. The van der Waals surface area contributed by atoms with Crippen molar-refractivity contribution in [3.63, 3.8) is 0 Å². The van der Waals surface area contributed by atoms with Crippen molar-refractivity contribution in [3.05, 3.63) is 94.3 Å². The highest BCUT2D eigenvalue weighted by molar-refractivity contribution is 7.80. The van der Waals surface area contributed by atoms with E-state index in [2.05, 4.69) is 10.6 Å². The molecule has 0 aliphatic carbocycles. The molecule has 0 atom stereocenters. The molecule has 0 radical (unpaired) electrons. The zero-order valence-electron chi connectivity index (χ0n) is 18.9. The molecule has 4 aromatic rings. The first-order chi connectivity index (χ1) is 16.4. The van der Waals surface area contributed by atoms with E-state index in [1.165, 1.54) is 0 Å². The number of aryl methyl sites for hydroxylation is 1. The first-order valence-electron chi connectivity index (χ1n) is 10.9. The Morgan fingerprint density at radius 3 is 2.56 bits per heavy atom. The minimum atomic E-state index is -0.421. The second kappa shape index (κ2) is 10.3. The van der Waals surface area contributed by atoms with Gasteiger partial charge in [-0.05, 0) is 79.2 Å². The molecule has 34 heavy (non-hydrogen) atoms. The van der Waals surface area contributed by atoms with Gasteiger partial charge in [-0.1, -0.05) is 37.3 Å². The number of hydrogen-bond donors (Lipinski definition) is 2. The number of benzene rings is 3. The van der Waals surface area contributed by atoms with E-state index >= 15 is 0 Å². The van der Waals surface area contributed by atoms with Gasteiger partial charge in [-0.15, -0.1) is 0 Å². The molecule has 0 aliphatic rings. The maximum Gasteiger partial charge on any atom is 0.344 e. The van der Waals surface area contributed by atoms with Crippen molar-refractivity contribution in [1.82, 2.24) is 5.32 Å². The molecule has 0 bridgehead atoms. The summed E-state index contributed by atoms with van der Waals surface area (Å²) >= 11 is 5.36. The van der Waals surface area contributed by atoms with E-state index in [4.69, 9.17) is 21.4 Å². The average molecular weight is 473 g/mol. The van der Waals surface area contributed by atoms with Crippen molar-refractivity contribution >= 4 is 39.9 Å². The van der Waals surface area contributed by atoms with Crippen LogP contribution in [0.2, 0.25) is 0 Å². The molecule has 0 spiro atoms. The molecule has 3 aromatic carbocycles. The number of carbonyl (C=O) groups is 1. The molecule has 2 N–H and O–H groups in total. The summed E-state index contributed by atoms with van der Waals surface area (Å²) in [6.45, 7) is 4.57. The zero-order valence-corrected chi connectivity index (χ0v) is 19.7. The van der Waals surface area contributed by atoms with Gasteiger partial charge in [-0.2, -0.15) is 0 Å². The van der Waals surface area contributed by atoms with Crippen molar-refractivity contribution in [2.45, 2.75) is 20.3 Å². The summed E-state index contributed by atoms with van der Waals surface area (Å²) < 4.78 is 11.0. The number of anilines is 1. The van der Waals surface area contributed by atoms with Crippen molar-refractivity contribution in [2.75, 3.05) is 11.9 Å². The monoisotopic (exact) mass is 472 g/mol. The van der Waals surface area contributed by atoms with Crippen LogP contribution in [0.5, 0.6) is 5.75 Å². The third-order valence-electron chi connectivity index (χ3n) is 5.25. The van der Waals surface area contributed by atoms with Crippen molar-refractivity contribution in [2.24, 2.45) is 0 Å². The number of fused-ring (bicyclic) bond motifs is 1. The van der Waals surface area contributed by atoms with Crippen LogP contribution in [0.4, 0.5) is 5.69 Å². The van der Waals surface area contributed by atoms with Crippen LogP contribution >= 0.6 is 12.2 Å². The Hall–Kier alpha value is -3.97. The molecule has 6 nitrogen and oxygen atoms in total. The molecule has 0 saturated carbocycles. The number of ether oxygens (including phenoxy) is 1. The van der Waals surface area contributed by atoms with Crippen LogP contribution in [-0.2, 0) is 0 Å².